The number of hydrogen-bond donors (Lipinski definition) is 0. The molecule has 4 heteroatoms. The van der Waals surface area contributed by atoms with E-state index >= 15 is 0 Å². The van der Waals surface area contributed by atoms with Gasteiger partial charge in [0.05, 0.1) is 12.0 Å². The van der Waals surface area contributed by atoms with E-state index in [1.807, 2.05) is 6.33 Å². The van der Waals surface area contributed by atoms with E-state index in [2.05, 4.69) is 37.2 Å². The van der Waals surface area contributed by atoms with E-state index in [4.69, 9.17) is 9.97 Å². The zero-order chi connectivity index (χ0) is 13.6. The van der Waals surface area contributed by atoms with Gasteiger partial charge in [-0.15, -0.1) is 0 Å². The lowest BCUT2D eigenvalue weighted by Gasteiger charge is -2.27. The van der Waals surface area contributed by atoms with Gasteiger partial charge in [0.1, 0.15) is 11.3 Å². The summed E-state index contributed by atoms with van der Waals surface area (Å²) in [4.78, 5) is 14.1. The molecule has 0 aliphatic heterocycles. The molecule has 0 N–H and O–H groups in total. The van der Waals surface area contributed by atoms with Gasteiger partial charge in [-0.1, -0.05) is 27.7 Å². The summed E-state index contributed by atoms with van der Waals surface area (Å²) < 4.78 is 2.26. The molecule has 0 saturated heterocycles. The molecule has 2 aromatic rings. The van der Waals surface area contributed by atoms with Gasteiger partial charge in [0.15, 0.2) is 5.65 Å². The summed E-state index contributed by atoms with van der Waals surface area (Å²) >= 11 is 0. The minimum absolute atomic E-state index is 0.353. The summed E-state index contributed by atoms with van der Waals surface area (Å²) in [6.45, 7) is 8.65. The quantitative estimate of drug-likeness (QED) is 0.841. The highest BCUT2D eigenvalue weighted by molar-refractivity contribution is 5.74. The van der Waals surface area contributed by atoms with Crippen LogP contribution in [0.4, 0.5) is 0 Å². The highest BCUT2D eigenvalue weighted by Crippen LogP contribution is 2.34. The highest BCUT2D eigenvalue weighted by atomic mass is 15.2. The van der Waals surface area contributed by atoms with E-state index in [0.717, 1.165) is 22.7 Å². The standard InChI is InChI=1S/C15H22N4/c1-9(2)12-13-15(18-14(17-12)10(3)4)19(8-16-13)11-6-5-7-11/h8-11H,5-7H2,1-4H3. The first-order valence-electron chi connectivity index (χ1n) is 7.32. The van der Waals surface area contributed by atoms with Gasteiger partial charge in [-0.25, -0.2) is 15.0 Å². The van der Waals surface area contributed by atoms with Gasteiger partial charge in [0.2, 0.25) is 0 Å². The third-order valence-electron chi connectivity index (χ3n) is 4.00. The number of rotatable bonds is 3. The molecular weight excluding hydrogens is 236 g/mol. The first-order chi connectivity index (χ1) is 9.08. The van der Waals surface area contributed by atoms with Gasteiger partial charge < -0.3 is 4.57 Å². The second kappa shape index (κ2) is 4.58. The van der Waals surface area contributed by atoms with Gasteiger partial charge >= 0.3 is 0 Å². The Balaban J connectivity index is 2.21. The Morgan fingerprint density at radius 1 is 1.11 bits per heavy atom. The van der Waals surface area contributed by atoms with Crippen molar-refractivity contribution < 1.29 is 0 Å². The van der Waals surface area contributed by atoms with E-state index < -0.39 is 0 Å². The molecule has 19 heavy (non-hydrogen) atoms. The molecule has 0 amide bonds. The molecular formula is C15H22N4. The maximum absolute atomic E-state index is 4.77. The van der Waals surface area contributed by atoms with Crippen LogP contribution in [0.5, 0.6) is 0 Å². The van der Waals surface area contributed by atoms with Gasteiger partial charge in [0, 0.05) is 12.0 Å². The first-order valence-corrected chi connectivity index (χ1v) is 7.32. The fourth-order valence-electron chi connectivity index (χ4n) is 2.55. The maximum atomic E-state index is 4.77. The van der Waals surface area contributed by atoms with Crippen LogP contribution in [-0.2, 0) is 0 Å². The van der Waals surface area contributed by atoms with Crippen LogP contribution in [0.15, 0.2) is 6.33 Å². The van der Waals surface area contributed by atoms with Crippen molar-refractivity contribution in [2.24, 2.45) is 0 Å². The third-order valence-corrected chi connectivity index (χ3v) is 4.00. The summed E-state index contributed by atoms with van der Waals surface area (Å²) in [5, 5.41) is 0. The monoisotopic (exact) mass is 258 g/mol. The van der Waals surface area contributed by atoms with Gasteiger partial charge in [0.25, 0.3) is 0 Å². The Labute approximate surface area is 114 Å². The van der Waals surface area contributed by atoms with E-state index in [9.17, 15) is 0 Å². The Morgan fingerprint density at radius 3 is 2.37 bits per heavy atom. The topological polar surface area (TPSA) is 43.6 Å². The van der Waals surface area contributed by atoms with Crippen LogP contribution in [0.2, 0.25) is 0 Å². The van der Waals surface area contributed by atoms with E-state index in [0.29, 0.717) is 17.9 Å². The van der Waals surface area contributed by atoms with Gasteiger partial charge in [-0.2, -0.15) is 0 Å². The fraction of sp³-hybridized carbons (Fsp3) is 0.667. The minimum atomic E-state index is 0.353. The Morgan fingerprint density at radius 2 is 1.84 bits per heavy atom. The number of nitrogens with zero attached hydrogens (tertiary/aromatic N) is 4. The van der Waals surface area contributed by atoms with Crippen molar-refractivity contribution in [3.8, 4) is 0 Å². The zero-order valence-electron chi connectivity index (χ0n) is 12.2. The molecule has 102 valence electrons. The predicted molar refractivity (Wildman–Crippen MR) is 76.4 cm³/mol. The molecule has 0 bridgehead atoms. The second-order valence-corrected chi connectivity index (χ2v) is 6.19. The van der Waals surface area contributed by atoms with Crippen LogP contribution in [0, 0.1) is 0 Å². The molecule has 0 aromatic carbocycles. The zero-order valence-corrected chi connectivity index (χ0v) is 12.2. The van der Waals surface area contributed by atoms with Crippen molar-refractivity contribution in [1.29, 1.82) is 0 Å². The molecule has 2 aromatic heterocycles. The lowest BCUT2D eigenvalue weighted by atomic mass is 9.93. The SMILES string of the molecule is CC(C)c1nc(C(C)C)c2ncn(C3CCC3)c2n1. The summed E-state index contributed by atoms with van der Waals surface area (Å²) in [6.07, 6.45) is 5.79. The molecule has 4 nitrogen and oxygen atoms in total. The maximum Gasteiger partial charge on any atom is 0.164 e. The van der Waals surface area contributed by atoms with Crippen LogP contribution < -0.4 is 0 Å². The number of imidazole rings is 1. The number of hydrogen-bond acceptors (Lipinski definition) is 3. The fourth-order valence-corrected chi connectivity index (χ4v) is 2.55. The number of aromatic nitrogens is 4. The smallest absolute Gasteiger partial charge is 0.164 e. The third kappa shape index (κ3) is 2.03. The Hall–Kier alpha value is -1.45. The normalized spacial score (nSPS) is 16.5. The molecule has 3 rings (SSSR count). The molecule has 0 radical (unpaired) electrons. The largest absolute Gasteiger partial charge is 0.312 e. The van der Waals surface area contributed by atoms with Crippen LogP contribution in [0.25, 0.3) is 11.2 Å². The van der Waals surface area contributed by atoms with E-state index in [-0.39, 0.29) is 0 Å². The van der Waals surface area contributed by atoms with Crippen LogP contribution >= 0.6 is 0 Å². The molecule has 0 unspecified atom stereocenters. The Bertz CT molecular complexity index is 593. The van der Waals surface area contributed by atoms with Crippen molar-refractivity contribution in [2.75, 3.05) is 0 Å². The molecule has 0 spiro atoms. The van der Waals surface area contributed by atoms with Crippen molar-refractivity contribution in [3.05, 3.63) is 17.8 Å². The lowest BCUT2D eigenvalue weighted by Crippen LogP contribution is -2.17. The molecule has 1 aliphatic rings. The average molecular weight is 258 g/mol. The molecule has 0 atom stereocenters. The first kappa shape index (κ1) is 12.6. The number of fused-ring (bicyclic) bond motifs is 1. The molecule has 1 fully saturated rings. The average Bonchev–Trinajstić information content (AvgIpc) is 2.69. The molecule has 1 saturated carbocycles. The van der Waals surface area contributed by atoms with Crippen molar-refractivity contribution in [2.45, 2.75) is 64.8 Å². The van der Waals surface area contributed by atoms with Crippen molar-refractivity contribution in [1.82, 2.24) is 19.5 Å². The molecule has 2 heterocycles. The predicted octanol–water partition coefficient (Wildman–Crippen LogP) is 3.80. The summed E-state index contributed by atoms with van der Waals surface area (Å²) in [6, 6.07) is 0.597. The Kier molecular flexibility index (Phi) is 3.03. The summed E-state index contributed by atoms with van der Waals surface area (Å²) in [5.41, 5.74) is 3.12. The van der Waals surface area contributed by atoms with Crippen molar-refractivity contribution in [3.63, 3.8) is 0 Å². The minimum Gasteiger partial charge on any atom is -0.312 e. The molecule has 1 aliphatic carbocycles. The summed E-state index contributed by atoms with van der Waals surface area (Å²) in [7, 11) is 0. The lowest BCUT2D eigenvalue weighted by molar-refractivity contribution is 0.319. The van der Waals surface area contributed by atoms with Crippen molar-refractivity contribution >= 4 is 11.2 Å². The second-order valence-electron chi connectivity index (χ2n) is 6.19. The van der Waals surface area contributed by atoms with E-state index in [1.165, 1.54) is 19.3 Å². The van der Waals surface area contributed by atoms with Crippen LogP contribution in [0.1, 0.15) is 76.4 Å². The van der Waals surface area contributed by atoms with Gasteiger partial charge in [-0.05, 0) is 25.2 Å². The van der Waals surface area contributed by atoms with Crippen LogP contribution in [-0.4, -0.2) is 19.5 Å². The highest BCUT2D eigenvalue weighted by Gasteiger charge is 2.24. The van der Waals surface area contributed by atoms with E-state index in [1.54, 1.807) is 0 Å². The van der Waals surface area contributed by atoms with Gasteiger partial charge in [-0.3, -0.25) is 0 Å². The van der Waals surface area contributed by atoms with Crippen LogP contribution in [0.3, 0.4) is 0 Å². The summed E-state index contributed by atoms with van der Waals surface area (Å²) in [5.74, 6) is 1.68.